The number of rotatable bonds is 4. The lowest BCUT2D eigenvalue weighted by Crippen LogP contribution is -2.59. The number of piperazine rings is 1. The summed E-state index contributed by atoms with van der Waals surface area (Å²) in [7, 11) is 0. The van der Waals surface area contributed by atoms with Crippen LogP contribution in [-0.2, 0) is 11.2 Å². The van der Waals surface area contributed by atoms with Crippen molar-refractivity contribution in [2.45, 2.75) is 51.4 Å². The Kier molecular flexibility index (Phi) is 6.02. The van der Waals surface area contributed by atoms with Crippen molar-refractivity contribution in [2.75, 3.05) is 19.6 Å². The van der Waals surface area contributed by atoms with Crippen molar-refractivity contribution in [1.29, 1.82) is 0 Å². The Hall–Kier alpha value is -1.59. The van der Waals surface area contributed by atoms with E-state index in [4.69, 9.17) is 4.74 Å². The largest absolute Gasteiger partial charge is 0.444 e. The minimum atomic E-state index is -0.574. The summed E-state index contributed by atoms with van der Waals surface area (Å²) < 4.78 is 5.47. The van der Waals surface area contributed by atoms with Gasteiger partial charge in [-0.15, -0.1) is 0 Å². The van der Waals surface area contributed by atoms with Crippen LogP contribution in [0.4, 0.5) is 4.79 Å². The summed E-state index contributed by atoms with van der Waals surface area (Å²) in [6.45, 7) is 7.44. The summed E-state index contributed by atoms with van der Waals surface area (Å²) >= 11 is 0. The van der Waals surface area contributed by atoms with E-state index in [-0.39, 0.29) is 12.1 Å². The van der Waals surface area contributed by atoms with E-state index in [2.05, 4.69) is 17.4 Å². The van der Waals surface area contributed by atoms with E-state index in [9.17, 15) is 9.90 Å². The second-order valence-electron chi connectivity index (χ2n) is 7.04. The zero-order valence-corrected chi connectivity index (χ0v) is 14.3. The number of aliphatic hydroxyl groups is 1. The number of ether oxygens (including phenoxy) is 1. The number of carbonyl (C=O) groups excluding carboxylic acids is 1. The Morgan fingerprint density at radius 2 is 2.09 bits per heavy atom. The average Bonchev–Trinajstić information content (AvgIpc) is 2.52. The molecule has 1 amide bonds. The summed E-state index contributed by atoms with van der Waals surface area (Å²) in [5.41, 5.74) is 0.667. The van der Waals surface area contributed by atoms with Crippen LogP contribution >= 0.6 is 0 Å². The molecule has 5 nitrogen and oxygen atoms in total. The molecule has 0 radical (unpaired) electrons. The maximum atomic E-state index is 12.4. The Balaban J connectivity index is 1.95. The van der Waals surface area contributed by atoms with Crippen molar-refractivity contribution in [3.05, 3.63) is 35.9 Å². The third-order valence-electron chi connectivity index (χ3n) is 3.93. The molecular weight excluding hydrogens is 292 g/mol. The van der Waals surface area contributed by atoms with Gasteiger partial charge in [-0.3, -0.25) is 0 Å². The Morgan fingerprint density at radius 1 is 1.39 bits per heavy atom. The lowest BCUT2D eigenvalue weighted by molar-refractivity contribution is -0.0137. The molecule has 0 spiro atoms. The first kappa shape index (κ1) is 17.8. The van der Waals surface area contributed by atoms with Crippen LogP contribution in [0.15, 0.2) is 30.3 Å². The number of nitrogens with zero attached hydrogens (tertiary/aromatic N) is 1. The molecule has 0 aromatic heterocycles. The van der Waals surface area contributed by atoms with E-state index >= 15 is 0 Å². The van der Waals surface area contributed by atoms with Crippen LogP contribution in [0.2, 0.25) is 0 Å². The van der Waals surface area contributed by atoms with Gasteiger partial charge in [-0.05, 0) is 39.2 Å². The number of amides is 1. The second kappa shape index (κ2) is 7.79. The molecule has 128 valence electrons. The van der Waals surface area contributed by atoms with Gasteiger partial charge in [0.05, 0.1) is 12.1 Å². The number of nitrogens with one attached hydrogen (secondary N) is 1. The number of carbonyl (C=O) groups is 1. The van der Waals surface area contributed by atoms with E-state index in [1.165, 1.54) is 5.56 Å². The molecule has 2 N–H and O–H groups in total. The van der Waals surface area contributed by atoms with Crippen molar-refractivity contribution in [3.8, 4) is 0 Å². The number of hydrogen-bond donors (Lipinski definition) is 2. The molecule has 1 heterocycles. The maximum absolute atomic E-state index is 12.4. The molecule has 0 saturated carbocycles. The highest BCUT2D eigenvalue weighted by molar-refractivity contribution is 5.68. The summed E-state index contributed by atoms with van der Waals surface area (Å²) in [6.07, 6.45) is 0.495. The average molecular weight is 320 g/mol. The molecule has 5 heteroatoms. The van der Waals surface area contributed by atoms with Crippen molar-refractivity contribution in [3.63, 3.8) is 0 Å². The summed E-state index contributed by atoms with van der Waals surface area (Å²) in [5.74, 6) is 0. The zero-order valence-electron chi connectivity index (χ0n) is 14.3. The zero-order chi connectivity index (χ0) is 16.9. The van der Waals surface area contributed by atoms with E-state index in [1.54, 1.807) is 4.90 Å². The van der Waals surface area contributed by atoms with Gasteiger partial charge >= 0.3 is 6.09 Å². The van der Waals surface area contributed by atoms with Crippen LogP contribution in [0, 0.1) is 0 Å². The fraction of sp³-hybridized carbons (Fsp3) is 0.611. The smallest absolute Gasteiger partial charge is 0.410 e. The van der Waals surface area contributed by atoms with Crippen LogP contribution in [0.3, 0.4) is 0 Å². The van der Waals surface area contributed by atoms with Crippen molar-refractivity contribution in [1.82, 2.24) is 10.2 Å². The van der Waals surface area contributed by atoms with E-state index in [1.807, 2.05) is 39.0 Å². The van der Waals surface area contributed by atoms with Gasteiger partial charge in [0.15, 0.2) is 0 Å². The van der Waals surface area contributed by atoms with Crippen LogP contribution < -0.4 is 5.32 Å². The quantitative estimate of drug-likeness (QED) is 0.893. The number of aliphatic hydroxyl groups excluding tert-OH is 1. The molecule has 1 aromatic carbocycles. The fourth-order valence-corrected chi connectivity index (χ4v) is 2.77. The fourth-order valence-electron chi connectivity index (χ4n) is 2.77. The van der Waals surface area contributed by atoms with Crippen molar-refractivity contribution < 1.29 is 14.6 Å². The third kappa shape index (κ3) is 5.52. The topological polar surface area (TPSA) is 61.8 Å². The van der Waals surface area contributed by atoms with Gasteiger partial charge in [0, 0.05) is 19.6 Å². The van der Waals surface area contributed by atoms with Gasteiger partial charge in [-0.2, -0.15) is 0 Å². The van der Waals surface area contributed by atoms with Crippen molar-refractivity contribution in [2.24, 2.45) is 0 Å². The van der Waals surface area contributed by atoms with Gasteiger partial charge in [0.25, 0.3) is 0 Å². The highest BCUT2D eigenvalue weighted by Gasteiger charge is 2.34. The highest BCUT2D eigenvalue weighted by Crippen LogP contribution is 2.17. The SMILES string of the molecule is CC(C)(C)OC(=O)N1CCNCC1[C@@H](O)CCc1ccccc1. The van der Waals surface area contributed by atoms with E-state index in [0.717, 1.165) is 13.0 Å². The molecule has 1 fully saturated rings. The Bertz CT molecular complexity index is 499. The predicted molar refractivity (Wildman–Crippen MR) is 90.4 cm³/mol. The lowest BCUT2D eigenvalue weighted by Gasteiger charge is -2.39. The van der Waals surface area contributed by atoms with Crippen LogP contribution in [-0.4, -0.2) is 53.5 Å². The molecule has 2 rings (SSSR count). The Labute approximate surface area is 138 Å². The van der Waals surface area contributed by atoms with E-state index in [0.29, 0.717) is 19.5 Å². The van der Waals surface area contributed by atoms with Crippen LogP contribution in [0.1, 0.15) is 32.8 Å². The number of benzene rings is 1. The van der Waals surface area contributed by atoms with Crippen molar-refractivity contribution >= 4 is 6.09 Å². The normalized spacial score (nSPS) is 20.2. The third-order valence-corrected chi connectivity index (χ3v) is 3.93. The number of hydrogen-bond acceptors (Lipinski definition) is 4. The minimum absolute atomic E-state index is 0.248. The van der Waals surface area contributed by atoms with Gasteiger partial charge < -0.3 is 20.1 Å². The molecule has 1 saturated heterocycles. The van der Waals surface area contributed by atoms with Gasteiger partial charge in [-0.1, -0.05) is 30.3 Å². The van der Waals surface area contributed by atoms with Crippen LogP contribution in [0.25, 0.3) is 0 Å². The van der Waals surface area contributed by atoms with Gasteiger partial charge in [0.2, 0.25) is 0 Å². The lowest BCUT2D eigenvalue weighted by atomic mass is 10.00. The summed E-state index contributed by atoms with van der Waals surface area (Å²) in [6, 6.07) is 9.83. The first-order valence-electron chi connectivity index (χ1n) is 8.29. The predicted octanol–water partition coefficient (Wildman–Crippen LogP) is 2.19. The standard InChI is InChI=1S/C18H28N2O3/c1-18(2,3)23-17(22)20-12-11-19-13-15(20)16(21)10-9-14-7-5-4-6-8-14/h4-8,15-16,19,21H,9-13H2,1-3H3/t15?,16-/m0/s1. The Morgan fingerprint density at radius 3 is 2.74 bits per heavy atom. The maximum Gasteiger partial charge on any atom is 0.410 e. The first-order chi connectivity index (χ1) is 10.9. The number of aryl methyl sites for hydroxylation is 1. The van der Waals surface area contributed by atoms with Gasteiger partial charge in [0.1, 0.15) is 5.60 Å². The van der Waals surface area contributed by atoms with E-state index < -0.39 is 11.7 Å². The first-order valence-corrected chi connectivity index (χ1v) is 8.29. The molecule has 1 unspecified atom stereocenters. The molecule has 0 bridgehead atoms. The summed E-state index contributed by atoms with van der Waals surface area (Å²) in [5, 5.41) is 13.8. The molecule has 1 aromatic rings. The molecule has 23 heavy (non-hydrogen) atoms. The highest BCUT2D eigenvalue weighted by atomic mass is 16.6. The monoisotopic (exact) mass is 320 g/mol. The molecule has 2 atom stereocenters. The molecule has 1 aliphatic heterocycles. The second-order valence-corrected chi connectivity index (χ2v) is 7.04. The summed E-state index contributed by atoms with van der Waals surface area (Å²) in [4.78, 5) is 14.0. The molecular formula is C18H28N2O3. The van der Waals surface area contributed by atoms with Gasteiger partial charge in [-0.25, -0.2) is 4.79 Å². The molecule has 1 aliphatic rings. The minimum Gasteiger partial charge on any atom is -0.444 e. The molecule has 0 aliphatic carbocycles. The van der Waals surface area contributed by atoms with Crippen LogP contribution in [0.5, 0.6) is 0 Å².